The minimum Gasteiger partial charge on any atom is -0.384 e. The molecule has 1 heterocycles. The normalized spacial score (nSPS) is 15.4. The Hall–Kier alpha value is -2.04. The lowest BCUT2D eigenvalue weighted by Gasteiger charge is -2.14. The van der Waals surface area contributed by atoms with Crippen molar-refractivity contribution in [2.45, 2.75) is 35.5 Å². The molecule has 158 valence electrons. The summed E-state index contributed by atoms with van der Waals surface area (Å²) in [6.07, 6.45) is 2.84. The summed E-state index contributed by atoms with van der Waals surface area (Å²) in [5, 5.41) is 2.96. The molecule has 1 atom stereocenters. The van der Waals surface area contributed by atoms with E-state index in [1.165, 1.54) is 23.9 Å². The van der Waals surface area contributed by atoms with Crippen LogP contribution in [0.4, 0.5) is 0 Å². The van der Waals surface area contributed by atoms with Crippen LogP contribution in [0, 0.1) is 6.92 Å². The lowest BCUT2D eigenvalue weighted by atomic mass is 9.98. The monoisotopic (exact) mass is 440 g/mol. The molecule has 2 aromatic rings. The average molecular weight is 441 g/mol. The van der Waals surface area contributed by atoms with Crippen molar-refractivity contribution in [2.75, 3.05) is 25.7 Å². The van der Waals surface area contributed by atoms with Crippen LogP contribution in [0.5, 0.6) is 0 Å². The Morgan fingerprint density at radius 3 is 2.55 bits per heavy atom. The van der Waals surface area contributed by atoms with E-state index in [0.29, 0.717) is 11.3 Å². The highest BCUT2D eigenvalue weighted by molar-refractivity contribution is 7.92. The number of sulfone groups is 1. The third-order valence-electron chi connectivity index (χ3n) is 5.00. The van der Waals surface area contributed by atoms with Crippen LogP contribution in [-0.2, 0) is 32.4 Å². The summed E-state index contributed by atoms with van der Waals surface area (Å²) in [6.45, 7) is 1.74. The van der Waals surface area contributed by atoms with Crippen LogP contribution >= 0.6 is 0 Å². The average Bonchev–Trinajstić information content (AvgIpc) is 3.44. The van der Waals surface area contributed by atoms with E-state index in [1.54, 1.807) is 14.0 Å². The summed E-state index contributed by atoms with van der Waals surface area (Å²) in [4.78, 5) is 25.9. The number of rotatable bonds is 8. The van der Waals surface area contributed by atoms with Gasteiger partial charge >= 0.3 is 0 Å². The van der Waals surface area contributed by atoms with E-state index < -0.39 is 32.0 Å². The van der Waals surface area contributed by atoms with Crippen LogP contribution in [0.15, 0.2) is 26.7 Å². The molecule has 29 heavy (non-hydrogen) atoms. The van der Waals surface area contributed by atoms with E-state index in [0.717, 1.165) is 19.1 Å². The number of carbonyl (C=O) groups is 1. The van der Waals surface area contributed by atoms with Crippen molar-refractivity contribution in [3.8, 4) is 0 Å². The number of nitrogens with one attached hydrogen (secondary N) is 1. The second-order valence-electron chi connectivity index (χ2n) is 7.25. The maximum absolute atomic E-state index is 13.3. The number of hydrogen-bond acceptors (Lipinski definition) is 6. The topological polar surface area (TPSA) is 115 Å². The maximum Gasteiger partial charge on any atom is 0.277 e. The minimum absolute atomic E-state index is 0.0684. The molecule has 0 saturated heterocycles. The fourth-order valence-electron chi connectivity index (χ4n) is 3.34. The molecule has 1 aliphatic rings. The number of H-pyrrole nitrogens is 1. The molecule has 0 bridgehead atoms. The van der Waals surface area contributed by atoms with Crippen molar-refractivity contribution in [3.63, 3.8) is 0 Å². The first kappa shape index (κ1) is 21.7. The number of nitrogens with zero attached hydrogens (tertiary/aromatic N) is 1. The second kappa shape index (κ2) is 8.00. The third-order valence-corrected chi connectivity index (χ3v) is 7.79. The largest absolute Gasteiger partial charge is 0.384 e. The Labute approximate surface area is 171 Å². The van der Waals surface area contributed by atoms with Crippen LogP contribution in [0.25, 0.3) is 0 Å². The molecule has 10 heteroatoms. The first-order chi connectivity index (χ1) is 13.6. The third kappa shape index (κ3) is 4.15. The Bertz CT molecular complexity index is 1160. The van der Waals surface area contributed by atoms with Crippen molar-refractivity contribution in [1.82, 2.24) is 9.78 Å². The van der Waals surface area contributed by atoms with Crippen molar-refractivity contribution in [2.24, 2.45) is 7.05 Å². The first-order valence-electron chi connectivity index (χ1n) is 9.12. The lowest BCUT2D eigenvalue weighted by molar-refractivity contribution is 0.103. The summed E-state index contributed by atoms with van der Waals surface area (Å²) < 4.78 is 43.5. The fourth-order valence-corrected chi connectivity index (χ4v) is 6.14. The molecule has 3 rings (SSSR count). The van der Waals surface area contributed by atoms with Crippen LogP contribution in [0.1, 0.15) is 45.9 Å². The molecule has 1 aliphatic carbocycles. The van der Waals surface area contributed by atoms with Gasteiger partial charge in [0.15, 0.2) is 9.84 Å². The Morgan fingerprint density at radius 2 is 2.00 bits per heavy atom. The van der Waals surface area contributed by atoms with Crippen LogP contribution < -0.4 is 5.56 Å². The molecule has 0 amide bonds. The number of aromatic amines is 1. The molecule has 1 saturated carbocycles. The van der Waals surface area contributed by atoms with Crippen molar-refractivity contribution >= 4 is 26.4 Å². The highest BCUT2D eigenvalue weighted by atomic mass is 32.2. The minimum atomic E-state index is -3.67. The van der Waals surface area contributed by atoms with Gasteiger partial charge in [-0.1, -0.05) is 0 Å². The zero-order valence-corrected chi connectivity index (χ0v) is 18.4. The van der Waals surface area contributed by atoms with Gasteiger partial charge in [0.25, 0.3) is 5.56 Å². The van der Waals surface area contributed by atoms with Crippen molar-refractivity contribution in [3.05, 3.63) is 44.9 Å². The summed E-state index contributed by atoms with van der Waals surface area (Å²) in [7, 11) is -2.34. The maximum atomic E-state index is 13.3. The Kier molecular flexibility index (Phi) is 5.98. The van der Waals surface area contributed by atoms with E-state index in [-0.39, 0.29) is 39.2 Å². The zero-order valence-electron chi connectivity index (χ0n) is 16.8. The van der Waals surface area contributed by atoms with Crippen LogP contribution in [0.3, 0.4) is 0 Å². The molecule has 1 fully saturated rings. The second-order valence-corrected chi connectivity index (χ2v) is 10.7. The summed E-state index contributed by atoms with van der Waals surface area (Å²) in [6, 6.07) is 2.69. The molecule has 0 spiro atoms. The van der Waals surface area contributed by atoms with Crippen molar-refractivity contribution < 1.29 is 22.2 Å². The number of ketones is 1. The first-order valence-corrected chi connectivity index (χ1v) is 12.3. The molecule has 8 nitrogen and oxygen atoms in total. The number of benzene rings is 1. The number of carbonyl (C=O) groups excluding carboxylic acids is 1. The number of aromatic nitrogens is 2. The van der Waals surface area contributed by atoms with Crippen LogP contribution in [0.2, 0.25) is 0 Å². The molecule has 1 N–H and O–H groups in total. The molecule has 1 aromatic carbocycles. The summed E-state index contributed by atoms with van der Waals surface area (Å²) >= 11 is 0. The highest BCUT2D eigenvalue weighted by Gasteiger charge is 2.34. The quantitative estimate of drug-likeness (QED) is 0.619. The van der Waals surface area contributed by atoms with Gasteiger partial charge in [0.1, 0.15) is 5.56 Å². The van der Waals surface area contributed by atoms with Gasteiger partial charge in [-0.15, -0.1) is 0 Å². The molecule has 1 unspecified atom stereocenters. The van der Waals surface area contributed by atoms with E-state index in [2.05, 4.69) is 5.10 Å². The molecule has 0 radical (unpaired) electrons. The standard InChI is InChI=1S/C19H24N2O6S2/c1-11-13(17(22)15-16(12-5-6-12)20-21(2)19(15)23)7-8-14(29(4,25)26)18(11)28(24)10-9-27-3/h7-8,12,20H,5-6,9-10H2,1-4H3. The zero-order chi connectivity index (χ0) is 21.5. The Morgan fingerprint density at radius 1 is 1.34 bits per heavy atom. The van der Waals surface area contributed by atoms with E-state index in [4.69, 9.17) is 4.74 Å². The predicted molar refractivity (Wildman–Crippen MR) is 109 cm³/mol. The molecular formula is C19H24N2O6S2. The van der Waals surface area contributed by atoms with E-state index in [9.17, 15) is 22.2 Å². The van der Waals surface area contributed by atoms with Gasteiger partial charge in [0, 0.05) is 31.9 Å². The van der Waals surface area contributed by atoms with Gasteiger partial charge in [0.2, 0.25) is 5.78 Å². The Balaban J connectivity index is 2.18. The highest BCUT2D eigenvalue weighted by Crippen LogP contribution is 2.40. The van der Waals surface area contributed by atoms with Gasteiger partial charge < -0.3 is 4.74 Å². The van der Waals surface area contributed by atoms with Gasteiger partial charge in [-0.25, -0.2) is 8.42 Å². The number of ether oxygens (including phenoxy) is 1. The lowest BCUT2D eigenvalue weighted by Crippen LogP contribution is -2.21. The molecule has 0 aliphatic heterocycles. The number of methoxy groups -OCH3 is 1. The fraction of sp³-hybridized carbons (Fsp3) is 0.474. The summed E-state index contributed by atoms with van der Waals surface area (Å²) in [5.74, 6) is -0.249. The van der Waals surface area contributed by atoms with E-state index in [1.807, 2.05) is 0 Å². The van der Waals surface area contributed by atoms with Gasteiger partial charge in [-0.3, -0.25) is 23.6 Å². The summed E-state index contributed by atoms with van der Waals surface area (Å²) in [5.41, 5.74) is 0.731. The predicted octanol–water partition coefficient (Wildman–Crippen LogP) is 1.29. The van der Waals surface area contributed by atoms with Crippen LogP contribution in [-0.4, -0.2) is 53.9 Å². The van der Waals surface area contributed by atoms with Gasteiger partial charge in [0.05, 0.1) is 38.6 Å². The molecular weight excluding hydrogens is 416 g/mol. The van der Waals surface area contributed by atoms with E-state index >= 15 is 0 Å². The van der Waals surface area contributed by atoms with Crippen molar-refractivity contribution in [1.29, 1.82) is 0 Å². The van der Waals surface area contributed by atoms with Gasteiger partial charge in [-0.2, -0.15) is 0 Å². The SMILES string of the molecule is COCCS(=O)c1c(S(C)(=O)=O)ccc(C(=O)c2c(C3CC3)[nH]n(C)c2=O)c1C. The molecule has 1 aromatic heterocycles. The number of hydrogen-bond donors (Lipinski definition) is 1. The van der Waals surface area contributed by atoms with Gasteiger partial charge in [-0.05, 0) is 37.5 Å². The smallest absolute Gasteiger partial charge is 0.277 e. The number of aryl methyl sites for hydroxylation is 1.